The maximum atomic E-state index is 12.2. The first-order valence-corrected chi connectivity index (χ1v) is 6.29. The third-order valence-corrected chi connectivity index (χ3v) is 2.91. The summed E-state index contributed by atoms with van der Waals surface area (Å²) in [5, 5.41) is 6.35. The molecule has 9 heteroatoms. The number of pyridine rings is 1. The Morgan fingerprint density at radius 1 is 1.27 bits per heavy atom. The summed E-state index contributed by atoms with van der Waals surface area (Å²) in [4.78, 5) is 8.16. The van der Waals surface area contributed by atoms with Gasteiger partial charge in [0.25, 0.3) is 0 Å². The van der Waals surface area contributed by atoms with Crippen LogP contribution in [-0.4, -0.2) is 32.3 Å². The molecule has 0 bridgehead atoms. The van der Waals surface area contributed by atoms with Gasteiger partial charge in [-0.15, -0.1) is 0 Å². The van der Waals surface area contributed by atoms with E-state index < -0.39 is 12.7 Å². The van der Waals surface area contributed by atoms with E-state index in [0.717, 1.165) is 0 Å². The fraction of sp³-hybridized carbons (Fsp3) is 0.154. The molecule has 3 heterocycles. The molecule has 22 heavy (non-hydrogen) atoms. The van der Waals surface area contributed by atoms with Crippen LogP contribution in [0.1, 0.15) is 0 Å². The number of nitrogens with two attached hydrogens (primary N) is 1. The number of aromatic nitrogens is 4. The molecule has 0 aliphatic heterocycles. The van der Waals surface area contributed by atoms with E-state index in [1.165, 1.54) is 18.5 Å². The van der Waals surface area contributed by atoms with Crippen molar-refractivity contribution < 1.29 is 13.2 Å². The molecule has 3 N–H and O–H groups in total. The monoisotopic (exact) mass is 308 g/mol. The molecule has 0 aliphatic carbocycles. The highest BCUT2D eigenvalue weighted by Gasteiger charge is 2.26. The van der Waals surface area contributed by atoms with Crippen molar-refractivity contribution in [1.82, 2.24) is 19.6 Å². The molecule has 0 saturated heterocycles. The zero-order chi connectivity index (χ0) is 15.7. The largest absolute Gasteiger partial charge is 0.405 e. The molecule has 3 rings (SSSR count). The highest BCUT2D eigenvalue weighted by atomic mass is 19.4. The minimum atomic E-state index is -4.32. The van der Waals surface area contributed by atoms with Crippen LogP contribution in [0.15, 0.2) is 36.8 Å². The Morgan fingerprint density at radius 2 is 2.09 bits per heavy atom. The number of nitrogens with zero attached hydrogens (tertiary/aromatic N) is 4. The maximum absolute atomic E-state index is 12.2. The van der Waals surface area contributed by atoms with Crippen LogP contribution in [0.25, 0.3) is 16.9 Å². The molecule has 0 atom stereocenters. The molecule has 0 fully saturated rings. The Labute approximate surface area is 122 Å². The first kappa shape index (κ1) is 14.1. The molecule has 6 nitrogen and oxygen atoms in total. The zero-order valence-electron chi connectivity index (χ0n) is 11.2. The quantitative estimate of drug-likeness (QED) is 0.776. The van der Waals surface area contributed by atoms with E-state index in [9.17, 15) is 13.2 Å². The van der Waals surface area contributed by atoms with Gasteiger partial charge >= 0.3 is 6.18 Å². The first-order chi connectivity index (χ1) is 10.4. The van der Waals surface area contributed by atoms with Gasteiger partial charge in [-0.2, -0.15) is 18.3 Å². The summed E-state index contributed by atoms with van der Waals surface area (Å²) >= 11 is 0. The van der Waals surface area contributed by atoms with E-state index in [1.807, 2.05) is 0 Å². The van der Waals surface area contributed by atoms with Crippen molar-refractivity contribution >= 4 is 17.0 Å². The standard InChI is InChI=1S/C13H11F3N6/c14-13(15,16)7-19-11-1-3-18-12(21-11)9-6-20-22-4-2-8(17)5-10(9)22/h1-6H,7,17H2,(H,18,19,21). The predicted molar refractivity (Wildman–Crippen MR) is 75.2 cm³/mol. The van der Waals surface area contributed by atoms with E-state index in [1.54, 1.807) is 22.8 Å². The Balaban J connectivity index is 1.95. The average Bonchev–Trinajstić information content (AvgIpc) is 2.88. The zero-order valence-corrected chi connectivity index (χ0v) is 11.2. The Morgan fingerprint density at radius 3 is 2.86 bits per heavy atom. The summed E-state index contributed by atoms with van der Waals surface area (Å²) in [5.41, 5.74) is 7.54. The topological polar surface area (TPSA) is 81.1 Å². The number of nitrogen functional groups attached to an aromatic ring is 1. The number of hydrogen-bond donors (Lipinski definition) is 2. The van der Waals surface area contributed by atoms with Crippen molar-refractivity contribution in [2.24, 2.45) is 0 Å². The van der Waals surface area contributed by atoms with Gasteiger partial charge in [-0.3, -0.25) is 0 Å². The minimum absolute atomic E-state index is 0.0885. The third-order valence-electron chi connectivity index (χ3n) is 2.91. The second-order valence-electron chi connectivity index (χ2n) is 4.58. The second kappa shape index (κ2) is 5.17. The molecule has 0 unspecified atom stereocenters. The molecule has 114 valence electrons. The van der Waals surface area contributed by atoms with E-state index in [0.29, 0.717) is 16.8 Å². The van der Waals surface area contributed by atoms with Gasteiger partial charge in [-0.05, 0) is 18.2 Å². The smallest absolute Gasteiger partial charge is 0.399 e. The second-order valence-corrected chi connectivity index (χ2v) is 4.58. The van der Waals surface area contributed by atoms with Crippen LogP contribution in [0, 0.1) is 0 Å². The van der Waals surface area contributed by atoms with Crippen LogP contribution in [-0.2, 0) is 0 Å². The molecule has 0 radical (unpaired) electrons. The number of hydrogen-bond acceptors (Lipinski definition) is 5. The molecular formula is C13H11F3N6. The summed E-state index contributed by atoms with van der Waals surface area (Å²) in [6.07, 6.45) is 0.290. The summed E-state index contributed by atoms with van der Waals surface area (Å²) < 4.78 is 38.3. The molecule has 3 aromatic rings. The lowest BCUT2D eigenvalue weighted by Gasteiger charge is -2.09. The molecular weight excluding hydrogens is 297 g/mol. The Hall–Kier alpha value is -2.84. The first-order valence-electron chi connectivity index (χ1n) is 6.29. The molecule has 0 saturated carbocycles. The van der Waals surface area contributed by atoms with E-state index >= 15 is 0 Å². The van der Waals surface area contributed by atoms with Crippen LogP contribution in [0.3, 0.4) is 0 Å². The molecule has 0 spiro atoms. The van der Waals surface area contributed by atoms with Crippen molar-refractivity contribution in [3.8, 4) is 11.4 Å². The van der Waals surface area contributed by atoms with E-state index in [-0.39, 0.29) is 11.6 Å². The molecule has 0 aliphatic rings. The summed E-state index contributed by atoms with van der Waals surface area (Å²) in [7, 11) is 0. The van der Waals surface area contributed by atoms with Gasteiger partial charge in [0.1, 0.15) is 12.4 Å². The summed E-state index contributed by atoms with van der Waals surface area (Å²) in [6.45, 7) is -1.16. The average molecular weight is 308 g/mol. The summed E-state index contributed by atoms with van der Waals surface area (Å²) in [6, 6.07) is 4.75. The lowest BCUT2D eigenvalue weighted by Crippen LogP contribution is -2.21. The number of fused-ring (bicyclic) bond motifs is 1. The van der Waals surface area contributed by atoms with Crippen molar-refractivity contribution in [2.75, 3.05) is 17.6 Å². The van der Waals surface area contributed by atoms with Crippen LogP contribution in [0.4, 0.5) is 24.7 Å². The van der Waals surface area contributed by atoms with E-state index in [2.05, 4.69) is 20.4 Å². The predicted octanol–water partition coefficient (Wildman–Crippen LogP) is 2.35. The van der Waals surface area contributed by atoms with Gasteiger partial charge in [0.05, 0.1) is 17.3 Å². The van der Waals surface area contributed by atoms with Gasteiger partial charge in [-0.1, -0.05) is 0 Å². The SMILES string of the molecule is Nc1ccn2ncc(-c3nccc(NCC(F)(F)F)n3)c2c1. The lowest BCUT2D eigenvalue weighted by atomic mass is 10.2. The maximum Gasteiger partial charge on any atom is 0.405 e. The number of halogens is 3. The summed E-state index contributed by atoms with van der Waals surface area (Å²) in [5.74, 6) is 0.360. The van der Waals surface area contributed by atoms with Crippen molar-refractivity contribution in [1.29, 1.82) is 0 Å². The Bertz CT molecular complexity index is 811. The third kappa shape index (κ3) is 2.92. The van der Waals surface area contributed by atoms with Gasteiger partial charge < -0.3 is 11.1 Å². The van der Waals surface area contributed by atoms with E-state index in [4.69, 9.17) is 5.73 Å². The van der Waals surface area contributed by atoms with Crippen LogP contribution < -0.4 is 11.1 Å². The molecule has 0 aromatic carbocycles. The Kier molecular flexibility index (Phi) is 3.32. The van der Waals surface area contributed by atoms with Gasteiger partial charge in [0.15, 0.2) is 5.82 Å². The number of anilines is 2. The fourth-order valence-corrected chi connectivity index (χ4v) is 1.95. The fourth-order valence-electron chi connectivity index (χ4n) is 1.95. The van der Waals surface area contributed by atoms with Crippen LogP contribution in [0.2, 0.25) is 0 Å². The van der Waals surface area contributed by atoms with Gasteiger partial charge in [0, 0.05) is 18.1 Å². The molecule has 3 aromatic heterocycles. The van der Waals surface area contributed by atoms with Gasteiger partial charge in [0.2, 0.25) is 0 Å². The van der Waals surface area contributed by atoms with Crippen molar-refractivity contribution in [3.05, 3.63) is 36.8 Å². The van der Waals surface area contributed by atoms with Gasteiger partial charge in [-0.25, -0.2) is 14.5 Å². The number of nitrogens with one attached hydrogen (secondary N) is 1. The lowest BCUT2D eigenvalue weighted by molar-refractivity contribution is -0.115. The van der Waals surface area contributed by atoms with Crippen LogP contribution >= 0.6 is 0 Å². The highest BCUT2D eigenvalue weighted by molar-refractivity contribution is 5.78. The number of alkyl halides is 3. The van der Waals surface area contributed by atoms with Crippen molar-refractivity contribution in [3.63, 3.8) is 0 Å². The highest BCUT2D eigenvalue weighted by Crippen LogP contribution is 2.23. The van der Waals surface area contributed by atoms with Crippen LogP contribution in [0.5, 0.6) is 0 Å². The van der Waals surface area contributed by atoms with Crippen molar-refractivity contribution in [2.45, 2.75) is 6.18 Å². The number of rotatable bonds is 3. The minimum Gasteiger partial charge on any atom is -0.399 e. The molecule has 0 amide bonds. The normalized spacial score (nSPS) is 11.8.